The Labute approximate surface area is 157 Å². The fourth-order valence-electron chi connectivity index (χ4n) is 2.49. The van der Waals surface area contributed by atoms with Crippen molar-refractivity contribution in [3.05, 3.63) is 39.3 Å². The van der Waals surface area contributed by atoms with Crippen LogP contribution in [0.25, 0.3) is 0 Å². The smallest absolute Gasteiger partial charge is 0.271 e. The highest BCUT2D eigenvalue weighted by atomic mass is 32.1. The zero-order chi connectivity index (χ0) is 18.9. The van der Waals surface area contributed by atoms with Gasteiger partial charge in [0.2, 0.25) is 0 Å². The topological polar surface area (TPSA) is 72.8 Å². The second-order valence-corrected chi connectivity index (χ2v) is 8.18. The molecular formula is C19H23N3O3S. The molecule has 138 valence electrons. The Hall–Kier alpha value is -2.41. The number of carbonyl (C=O) groups is 1. The minimum absolute atomic E-state index is 0.0115. The quantitative estimate of drug-likeness (QED) is 0.658. The lowest BCUT2D eigenvalue weighted by Crippen LogP contribution is -2.20. The van der Waals surface area contributed by atoms with Crippen LogP contribution in [0.3, 0.4) is 0 Å². The average molecular weight is 373 g/mol. The van der Waals surface area contributed by atoms with Gasteiger partial charge < -0.3 is 9.47 Å². The summed E-state index contributed by atoms with van der Waals surface area (Å²) < 4.78 is 11.0. The van der Waals surface area contributed by atoms with Crippen LogP contribution in [-0.2, 0) is 5.41 Å². The molecule has 0 saturated heterocycles. The number of thiazole rings is 1. The van der Waals surface area contributed by atoms with Gasteiger partial charge >= 0.3 is 0 Å². The number of fused-ring (bicyclic) bond motifs is 1. The number of ether oxygens (including phenoxy) is 2. The van der Waals surface area contributed by atoms with Gasteiger partial charge in [-0.25, -0.2) is 10.4 Å². The lowest BCUT2D eigenvalue weighted by Gasteiger charge is -2.18. The zero-order valence-corrected chi connectivity index (χ0v) is 16.5. The highest BCUT2D eigenvalue weighted by Crippen LogP contribution is 2.31. The van der Waals surface area contributed by atoms with Gasteiger partial charge in [-0.05, 0) is 32.0 Å². The first-order valence-electron chi connectivity index (χ1n) is 8.48. The number of hydrazone groups is 1. The molecule has 7 heteroatoms. The number of rotatable bonds is 3. The third-order valence-corrected chi connectivity index (χ3v) is 5.59. The molecule has 2 heterocycles. The van der Waals surface area contributed by atoms with Gasteiger partial charge in [0.05, 0.1) is 21.3 Å². The molecule has 1 aliphatic rings. The van der Waals surface area contributed by atoms with Crippen molar-refractivity contribution in [2.24, 2.45) is 5.10 Å². The summed E-state index contributed by atoms with van der Waals surface area (Å²) in [5, 5.41) is 5.31. The van der Waals surface area contributed by atoms with Gasteiger partial charge in [-0.2, -0.15) is 5.10 Å². The van der Waals surface area contributed by atoms with E-state index in [4.69, 9.17) is 9.47 Å². The summed E-state index contributed by atoms with van der Waals surface area (Å²) in [5.74, 6) is 0.944. The summed E-state index contributed by atoms with van der Waals surface area (Å²) in [6.45, 7) is 11.2. The molecule has 26 heavy (non-hydrogen) atoms. The van der Waals surface area contributed by atoms with Gasteiger partial charge in [-0.3, -0.25) is 4.79 Å². The van der Waals surface area contributed by atoms with Crippen molar-refractivity contribution in [3.8, 4) is 11.5 Å². The first kappa shape index (κ1) is 18.4. The minimum atomic E-state index is -0.292. The normalized spacial score (nSPS) is 14.3. The molecule has 1 amide bonds. The van der Waals surface area contributed by atoms with E-state index in [9.17, 15) is 4.79 Å². The number of nitrogens with zero attached hydrogens (tertiary/aromatic N) is 2. The number of hydrogen-bond acceptors (Lipinski definition) is 6. The Morgan fingerprint density at radius 1 is 1.23 bits per heavy atom. The Balaban J connectivity index is 1.75. The first-order valence-corrected chi connectivity index (χ1v) is 9.30. The van der Waals surface area contributed by atoms with E-state index in [2.05, 4.69) is 36.3 Å². The number of aryl methyl sites for hydroxylation is 1. The molecule has 0 radical (unpaired) electrons. The summed E-state index contributed by atoms with van der Waals surface area (Å²) in [5.41, 5.74) is 4.74. The molecule has 0 unspecified atom stereocenters. The number of nitrogens with one attached hydrogen (secondary N) is 1. The van der Waals surface area contributed by atoms with E-state index >= 15 is 0 Å². The van der Waals surface area contributed by atoms with E-state index in [0.29, 0.717) is 30.3 Å². The predicted octanol–water partition coefficient (Wildman–Crippen LogP) is 3.67. The van der Waals surface area contributed by atoms with Crippen LogP contribution in [0.5, 0.6) is 11.5 Å². The van der Waals surface area contributed by atoms with Crippen molar-refractivity contribution in [3.63, 3.8) is 0 Å². The Morgan fingerprint density at radius 3 is 2.58 bits per heavy atom. The van der Waals surface area contributed by atoms with Crippen molar-refractivity contribution >= 4 is 23.0 Å². The average Bonchev–Trinajstić information content (AvgIpc) is 3.01. The molecule has 0 aliphatic carbocycles. The molecular weight excluding hydrogens is 350 g/mol. The molecule has 3 rings (SSSR count). The molecule has 2 aromatic rings. The Morgan fingerprint density at radius 2 is 1.92 bits per heavy atom. The van der Waals surface area contributed by atoms with Crippen LogP contribution in [0, 0.1) is 6.92 Å². The van der Waals surface area contributed by atoms with Crippen molar-refractivity contribution in [2.75, 3.05) is 13.2 Å². The summed E-state index contributed by atoms with van der Waals surface area (Å²) in [7, 11) is 0. The third-order valence-electron chi connectivity index (χ3n) is 3.90. The SMILES string of the molecule is CC(=NNC(=O)c1ccc2c(c1)OCCO2)c1sc(C(C)(C)C)nc1C. The largest absolute Gasteiger partial charge is 0.486 e. The van der Waals surface area contributed by atoms with Crippen LogP contribution < -0.4 is 14.9 Å². The number of amides is 1. The molecule has 0 fully saturated rings. The molecule has 1 aromatic heterocycles. The fraction of sp³-hybridized carbons (Fsp3) is 0.421. The number of aromatic nitrogens is 1. The minimum Gasteiger partial charge on any atom is -0.486 e. The maximum atomic E-state index is 12.4. The standard InChI is InChI=1S/C19H23N3O3S/c1-11-16(26-18(20-11)19(3,4)5)12(2)21-22-17(23)13-6-7-14-15(10-13)25-9-8-24-14/h6-7,10H,8-9H2,1-5H3,(H,22,23). The number of hydrogen-bond donors (Lipinski definition) is 1. The van der Waals surface area contributed by atoms with E-state index in [1.807, 2.05) is 13.8 Å². The number of carbonyl (C=O) groups excluding carboxylic acids is 1. The van der Waals surface area contributed by atoms with Crippen molar-refractivity contribution < 1.29 is 14.3 Å². The van der Waals surface area contributed by atoms with Crippen molar-refractivity contribution in [1.29, 1.82) is 0 Å². The lowest BCUT2D eigenvalue weighted by atomic mass is 9.98. The fourth-order valence-corrected chi connectivity index (χ4v) is 3.56. The van der Waals surface area contributed by atoms with E-state index in [0.717, 1.165) is 21.3 Å². The van der Waals surface area contributed by atoms with Crippen LogP contribution in [0.1, 0.15) is 53.6 Å². The Kier molecular flexibility index (Phi) is 5.00. The van der Waals surface area contributed by atoms with Gasteiger partial charge in [0.15, 0.2) is 11.5 Å². The van der Waals surface area contributed by atoms with Gasteiger partial charge in [-0.1, -0.05) is 20.8 Å². The van der Waals surface area contributed by atoms with Crippen molar-refractivity contribution in [1.82, 2.24) is 10.4 Å². The molecule has 1 aliphatic heterocycles. The van der Waals surface area contributed by atoms with E-state index in [1.165, 1.54) is 0 Å². The second kappa shape index (κ2) is 7.07. The third kappa shape index (κ3) is 3.88. The van der Waals surface area contributed by atoms with Crippen LogP contribution in [0.2, 0.25) is 0 Å². The molecule has 0 atom stereocenters. The van der Waals surface area contributed by atoms with Gasteiger partial charge in [0.25, 0.3) is 5.91 Å². The lowest BCUT2D eigenvalue weighted by molar-refractivity contribution is 0.0953. The summed E-state index contributed by atoms with van der Waals surface area (Å²) >= 11 is 1.61. The van der Waals surface area contributed by atoms with Gasteiger partial charge in [-0.15, -0.1) is 11.3 Å². The first-order chi connectivity index (χ1) is 12.3. The van der Waals surface area contributed by atoms with Crippen LogP contribution in [0.4, 0.5) is 0 Å². The predicted molar refractivity (Wildman–Crippen MR) is 103 cm³/mol. The summed E-state index contributed by atoms with van der Waals surface area (Å²) in [6, 6.07) is 5.11. The Bertz CT molecular complexity index is 865. The summed E-state index contributed by atoms with van der Waals surface area (Å²) in [4.78, 5) is 18.0. The highest BCUT2D eigenvalue weighted by molar-refractivity contribution is 7.14. The monoisotopic (exact) mass is 373 g/mol. The summed E-state index contributed by atoms with van der Waals surface area (Å²) in [6.07, 6.45) is 0. The maximum absolute atomic E-state index is 12.4. The van der Waals surface area contributed by atoms with E-state index in [-0.39, 0.29) is 11.3 Å². The van der Waals surface area contributed by atoms with Crippen LogP contribution >= 0.6 is 11.3 Å². The highest BCUT2D eigenvalue weighted by Gasteiger charge is 2.21. The molecule has 0 bridgehead atoms. The van der Waals surface area contributed by atoms with Crippen LogP contribution in [0.15, 0.2) is 23.3 Å². The molecule has 1 N–H and O–H groups in total. The van der Waals surface area contributed by atoms with Crippen molar-refractivity contribution in [2.45, 2.75) is 40.0 Å². The van der Waals surface area contributed by atoms with E-state index in [1.54, 1.807) is 29.5 Å². The molecule has 0 saturated carbocycles. The molecule has 1 aromatic carbocycles. The maximum Gasteiger partial charge on any atom is 0.271 e. The van der Waals surface area contributed by atoms with Crippen LogP contribution in [-0.4, -0.2) is 29.8 Å². The van der Waals surface area contributed by atoms with Gasteiger partial charge in [0, 0.05) is 11.0 Å². The van der Waals surface area contributed by atoms with E-state index < -0.39 is 0 Å². The van der Waals surface area contributed by atoms with Gasteiger partial charge in [0.1, 0.15) is 13.2 Å². The zero-order valence-electron chi connectivity index (χ0n) is 15.7. The second-order valence-electron chi connectivity index (χ2n) is 7.18. The molecule has 0 spiro atoms. The molecule has 6 nitrogen and oxygen atoms in total. The number of benzene rings is 1.